The molecule has 0 spiro atoms. The molecule has 1 aliphatic heterocycles. The Morgan fingerprint density at radius 3 is 2.25 bits per heavy atom. The Labute approximate surface area is 75.0 Å². The molecule has 5 nitrogen and oxygen atoms in total. The van der Waals surface area contributed by atoms with Gasteiger partial charge in [0.15, 0.2) is 0 Å². The van der Waals surface area contributed by atoms with Crippen molar-refractivity contribution in [2.45, 2.75) is 29.9 Å². The molecular weight excluding hydrogens is 184 g/mol. The minimum Gasteiger partial charge on any atom is -0.394 e. The first-order chi connectivity index (χ1) is 5.57. The maximum Gasteiger partial charge on any atom is 0.129 e. The van der Waals surface area contributed by atoms with E-state index in [4.69, 9.17) is 20.1 Å². The van der Waals surface area contributed by atoms with Crippen molar-refractivity contribution < 1.29 is 25.2 Å². The Hall–Kier alpha value is 0.150. The van der Waals surface area contributed by atoms with Crippen molar-refractivity contribution in [3.05, 3.63) is 0 Å². The second kappa shape index (κ2) is 3.91. The van der Waals surface area contributed by atoms with Gasteiger partial charge in [0.2, 0.25) is 0 Å². The van der Waals surface area contributed by atoms with Gasteiger partial charge in [-0.1, -0.05) is 0 Å². The summed E-state index contributed by atoms with van der Waals surface area (Å²) in [7, 11) is 0. The zero-order valence-electron chi connectivity index (χ0n) is 6.24. The predicted molar refractivity (Wildman–Crippen MR) is 42.8 cm³/mol. The molecule has 1 rings (SSSR count). The molecule has 0 bridgehead atoms. The van der Waals surface area contributed by atoms with Crippen LogP contribution in [0.25, 0.3) is 0 Å². The van der Waals surface area contributed by atoms with E-state index in [9.17, 15) is 5.11 Å². The van der Waals surface area contributed by atoms with Gasteiger partial charge >= 0.3 is 0 Å². The summed E-state index contributed by atoms with van der Waals surface area (Å²) >= 11 is 3.81. The summed E-state index contributed by atoms with van der Waals surface area (Å²) in [5.74, 6) is 0. The van der Waals surface area contributed by atoms with Crippen molar-refractivity contribution >= 4 is 12.6 Å². The van der Waals surface area contributed by atoms with E-state index in [1.807, 2.05) is 0 Å². The SMILES string of the molecule is OC[C@@H](O)[C@H]1O[C@H](S)[C@H](O)[C@H]1O. The third-order valence-corrected chi connectivity index (χ3v) is 2.27. The van der Waals surface area contributed by atoms with Crippen LogP contribution >= 0.6 is 12.6 Å². The van der Waals surface area contributed by atoms with Crippen LogP contribution in [0.1, 0.15) is 0 Å². The summed E-state index contributed by atoms with van der Waals surface area (Å²) in [6.07, 6.45) is -4.48. The highest BCUT2D eigenvalue weighted by Gasteiger charge is 2.44. The number of aliphatic hydroxyl groups excluding tert-OH is 4. The van der Waals surface area contributed by atoms with E-state index in [2.05, 4.69) is 12.6 Å². The monoisotopic (exact) mass is 196 g/mol. The van der Waals surface area contributed by atoms with Crippen LogP contribution in [0, 0.1) is 0 Å². The molecule has 4 N–H and O–H groups in total. The maximum absolute atomic E-state index is 9.23. The maximum atomic E-state index is 9.23. The van der Waals surface area contributed by atoms with Crippen LogP contribution in [0.15, 0.2) is 0 Å². The molecule has 0 aromatic carbocycles. The fourth-order valence-corrected chi connectivity index (χ4v) is 1.42. The molecule has 1 saturated heterocycles. The van der Waals surface area contributed by atoms with Gasteiger partial charge in [-0.15, -0.1) is 12.6 Å². The Morgan fingerprint density at radius 1 is 1.33 bits per heavy atom. The summed E-state index contributed by atoms with van der Waals surface area (Å²) in [4.78, 5) is 0. The van der Waals surface area contributed by atoms with Gasteiger partial charge in [0.1, 0.15) is 29.9 Å². The smallest absolute Gasteiger partial charge is 0.129 e. The van der Waals surface area contributed by atoms with Gasteiger partial charge in [0.25, 0.3) is 0 Å². The van der Waals surface area contributed by atoms with E-state index in [0.717, 1.165) is 0 Å². The van der Waals surface area contributed by atoms with Gasteiger partial charge in [0, 0.05) is 0 Å². The van der Waals surface area contributed by atoms with Gasteiger partial charge in [-0.05, 0) is 0 Å². The first-order valence-corrected chi connectivity index (χ1v) is 4.08. The van der Waals surface area contributed by atoms with Crippen molar-refractivity contribution in [2.24, 2.45) is 0 Å². The van der Waals surface area contributed by atoms with Crippen LogP contribution < -0.4 is 0 Å². The lowest BCUT2D eigenvalue weighted by Crippen LogP contribution is -2.40. The molecular formula is C6H12O5S. The highest BCUT2D eigenvalue weighted by molar-refractivity contribution is 7.80. The van der Waals surface area contributed by atoms with Gasteiger partial charge in [0.05, 0.1) is 6.61 Å². The van der Waals surface area contributed by atoms with Crippen LogP contribution in [-0.4, -0.2) is 56.9 Å². The summed E-state index contributed by atoms with van der Waals surface area (Å²) < 4.78 is 4.89. The molecule has 0 aliphatic carbocycles. The normalized spacial score (nSPS) is 44.8. The number of rotatable bonds is 2. The number of aliphatic hydroxyl groups is 4. The third kappa shape index (κ3) is 1.73. The van der Waals surface area contributed by atoms with Crippen LogP contribution in [0.2, 0.25) is 0 Å². The Morgan fingerprint density at radius 2 is 1.92 bits per heavy atom. The van der Waals surface area contributed by atoms with Gasteiger partial charge < -0.3 is 25.2 Å². The van der Waals surface area contributed by atoms with E-state index >= 15 is 0 Å². The van der Waals surface area contributed by atoms with Crippen LogP contribution in [0.5, 0.6) is 0 Å². The number of thiol groups is 1. The summed E-state index contributed by atoms with van der Waals surface area (Å²) in [6.45, 7) is -0.519. The average Bonchev–Trinajstić information content (AvgIpc) is 2.32. The highest BCUT2D eigenvalue weighted by atomic mass is 32.1. The van der Waals surface area contributed by atoms with Crippen molar-refractivity contribution in [1.82, 2.24) is 0 Å². The standard InChI is InChI=1S/C6H12O5S/c7-1-2(8)5-3(9)4(10)6(12)11-5/h2-10,12H,1H2/t2-,3-,4-,5-,6-/m1/s1. The molecule has 0 saturated carbocycles. The minimum absolute atomic E-state index is 0.519. The van der Waals surface area contributed by atoms with Gasteiger partial charge in [-0.25, -0.2) is 0 Å². The molecule has 1 fully saturated rings. The fraction of sp³-hybridized carbons (Fsp3) is 1.00. The summed E-state index contributed by atoms with van der Waals surface area (Å²) in [5, 5.41) is 36.0. The first-order valence-electron chi connectivity index (χ1n) is 3.56. The number of hydrogen-bond donors (Lipinski definition) is 5. The van der Waals surface area contributed by atoms with Crippen molar-refractivity contribution in [2.75, 3.05) is 6.61 Å². The van der Waals surface area contributed by atoms with Crippen LogP contribution in [-0.2, 0) is 4.74 Å². The highest BCUT2D eigenvalue weighted by Crippen LogP contribution is 2.25. The molecule has 0 unspecified atom stereocenters. The van der Waals surface area contributed by atoms with Crippen molar-refractivity contribution in [1.29, 1.82) is 0 Å². The minimum atomic E-state index is -1.20. The molecule has 0 aromatic heterocycles. The summed E-state index contributed by atoms with van der Waals surface area (Å²) in [5.41, 5.74) is -0.814. The molecule has 12 heavy (non-hydrogen) atoms. The Bertz CT molecular complexity index is 155. The van der Waals surface area contributed by atoms with E-state index < -0.39 is 36.5 Å². The number of ether oxygens (including phenoxy) is 1. The second-order valence-electron chi connectivity index (χ2n) is 2.72. The Balaban J connectivity index is 2.58. The molecule has 0 amide bonds. The molecule has 5 atom stereocenters. The molecule has 1 aliphatic rings. The predicted octanol–water partition coefficient (Wildman–Crippen LogP) is -2.28. The second-order valence-corrected chi connectivity index (χ2v) is 3.23. The van der Waals surface area contributed by atoms with E-state index in [-0.39, 0.29) is 0 Å². The zero-order chi connectivity index (χ0) is 9.30. The lowest BCUT2D eigenvalue weighted by molar-refractivity contribution is -0.0711. The molecule has 0 aromatic rings. The zero-order valence-corrected chi connectivity index (χ0v) is 7.13. The van der Waals surface area contributed by atoms with Gasteiger partial charge in [-0.3, -0.25) is 0 Å². The lowest BCUT2D eigenvalue weighted by Gasteiger charge is -2.18. The van der Waals surface area contributed by atoms with Crippen LogP contribution in [0.4, 0.5) is 0 Å². The van der Waals surface area contributed by atoms with Crippen molar-refractivity contribution in [3.8, 4) is 0 Å². The average molecular weight is 196 g/mol. The largest absolute Gasteiger partial charge is 0.394 e. The van der Waals surface area contributed by atoms with E-state index in [0.29, 0.717) is 0 Å². The van der Waals surface area contributed by atoms with E-state index in [1.54, 1.807) is 0 Å². The quantitative estimate of drug-likeness (QED) is 0.321. The first kappa shape index (κ1) is 10.2. The molecule has 6 heteroatoms. The third-order valence-electron chi connectivity index (χ3n) is 1.84. The van der Waals surface area contributed by atoms with Crippen molar-refractivity contribution in [3.63, 3.8) is 0 Å². The molecule has 72 valence electrons. The lowest BCUT2D eigenvalue weighted by atomic mass is 10.1. The van der Waals surface area contributed by atoms with Crippen LogP contribution in [0.3, 0.4) is 0 Å². The molecule has 1 heterocycles. The Kier molecular flexibility index (Phi) is 3.33. The topological polar surface area (TPSA) is 90.2 Å². The van der Waals surface area contributed by atoms with Gasteiger partial charge in [-0.2, -0.15) is 0 Å². The number of hydrogen-bond acceptors (Lipinski definition) is 6. The fourth-order valence-electron chi connectivity index (χ4n) is 1.11. The summed E-state index contributed by atoms with van der Waals surface area (Å²) in [6, 6.07) is 0. The van der Waals surface area contributed by atoms with E-state index in [1.165, 1.54) is 0 Å². The molecule has 0 radical (unpaired) electrons.